The van der Waals surface area contributed by atoms with Crippen molar-refractivity contribution in [2.24, 2.45) is 4.99 Å². The molecule has 192 valence electrons. The van der Waals surface area contributed by atoms with Gasteiger partial charge < -0.3 is 5.73 Å². The van der Waals surface area contributed by atoms with Crippen molar-refractivity contribution >= 4 is 44.2 Å². The Bertz CT molecular complexity index is 1910. The molecule has 0 saturated heterocycles. The second-order valence-electron chi connectivity index (χ2n) is 10.1. The van der Waals surface area contributed by atoms with Crippen LogP contribution in [0.15, 0.2) is 151 Å². The molecule has 0 unspecified atom stereocenters. The van der Waals surface area contributed by atoms with Gasteiger partial charge in [0.05, 0.1) is 5.70 Å². The normalized spacial score (nSPS) is 12.1. The van der Waals surface area contributed by atoms with Gasteiger partial charge in [-0.05, 0) is 86.6 Å². The van der Waals surface area contributed by atoms with E-state index in [1.807, 2.05) is 24.3 Å². The molecule has 0 atom stereocenters. The third-order valence-electron chi connectivity index (χ3n) is 7.31. The van der Waals surface area contributed by atoms with Crippen molar-refractivity contribution in [1.29, 1.82) is 0 Å². The van der Waals surface area contributed by atoms with Crippen molar-refractivity contribution in [1.82, 2.24) is 0 Å². The molecule has 40 heavy (non-hydrogen) atoms. The van der Waals surface area contributed by atoms with Gasteiger partial charge in [0.2, 0.25) is 0 Å². The number of nitrogens with zero attached hydrogens (tertiary/aromatic N) is 1. The lowest BCUT2D eigenvalue weighted by atomic mass is 9.99. The van der Waals surface area contributed by atoms with Gasteiger partial charge in [-0.15, -0.1) is 0 Å². The van der Waals surface area contributed by atoms with E-state index in [-0.39, 0.29) is 0 Å². The molecule has 0 radical (unpaired) electrons. The van der Waals surface area contributed by atoms with E-state index < -0.39 is 0 Å². The van der Waals surface area contributed by atoms with Crippen LogP contribution in [0, 0.1) is 0 Å². The van der Waals surface area contributed by atoms with E-state index in [0.717, 1.165) is 50.5 Å². The molecule has 0 fully saturated rings. The standard InChI is InChI=1S/C38H30N2/c1-26(33-17-15-29-7-3-5-9-34(29)24-33)23-38(36-18-16-30-8-4-6-10-35(30)25-36)40-27(2)28-11-13-31(14-12-28)32-19-21-37(39)22-20-32/h3-25H,1,39H2,2H3/b38-23-,40-27?. The molecule has 2 nitrogen and oxygen atoms in total. The number of nitrogens with two attached hydrogens (primary N) is 1. The third kappa shape index (κ3) is 5.34. The maximum atomic E-state index is 5.86. The van der Waals surface area contributed by atoms with Crippen molar-refractivity contribution in [2.75, 3.05) is 5.73 Å². The molecule has 0 amide bonds. The zero-order chi connectivity index (χ0) is 27.5. The first kappa shape index (κ1) is 25.1. The minimum Gasteiger partial charge on any atom is -0.399 e. The van der Waals surface area contributed by atoms with Crippen LogP contribution in [0.2, 0.25) is 0 Å². The largest absolute Gasteiger partial charge is 0.399 e. The van der Waals surface area contributed by atoms with E-state index in [4.69, 9.17) is 10.7 Å². The fraction of sp³-hybridized carbons (Fsp3) is 0.0263. The molecule has 6 rings (SSSR count). The molecule has 2 N–H and O–H groups in total. The Morgan fingerprint density at radius 3 is 1.65 bits per heavy atom. The van der Waals surface area contributed by atoms with Crippen molar-refractivity contribution in [3.63, 3.8) is 0 Å². The van der Waals surface area contributed by atoms with E-state index in [0.29, 0.717) is 0 Å². The van der Waals surface area contributed by atoms with Crippen molar-refractivity contribution in [2.45, 2.75) is 6.92 Å². The van der Waals surface area contributed by atoms with Crippen LogP contribution < -0.4 is 5.73 Å². The maximum Gasteiger partial charge on any atom is 0.0711 e. The van der Waals surface area contributed by atoms with Crippen molar-refractivity contribution < 1.29 is 0 Å². The summed E-state index contributed by atoms with van der Waals surface area (Å²) in [5.74, 6) is 0. The fourth-order valence-electron chi connectivity index (χ4n) is 4.99. The first-order valence-corrected chi connectivity index (χ1v) is 13.4. The van der Waals surface area contributed by atoms with Crippen molar-refractivity contribution in [3.05, 3.63) is 163 Å². The number of aliphatic imine (C=N–C) groups is 1. The average molecular weight is 515 g/mol. The molecular formula is C38H30N2. The van der Waals surface area contributed by atoms with Crippen LogP contribution >= 0.6 is 0 Å². The third-order valence-corrected chi connectivity index (χ3v) is 7.31. The fourth-order valence-corrected chi connectivity index (χ4v) is 4.99. The summed E-state index contributed by atoms with van der Waals surface area (Å²) in [6.45, 7) is 6.50. The Morgan fingerprint density at radius 1 is 0.575 bits per heavy atom. The molecule has 0 saturated carbocycles. The van der Waals surface area contributed by atoms with Crippen LogP contribution in [0.4, 0.5) is 5.69 Å². The molecule has 2 heteroatoms. The van der Waals surface area contributed by atoms with Gasteiger partial charge in [-0.2, -0.15) is 0 Å². The molecule has 0 aliphatic carbocycles. The number of nitrogen functional groups attached to an aromatic ring is 1. The lowest BCUT2D eigenvalue weighted by Gasteiger charge is -2.10. The minimum absolute atomic E-state index is 0.765. The van der Waals surface area contributed by atoms with Gasteiger partial charge in [-0.1, -0.05) is 116 Å². The average Bonchev–Trinajstić information content (AvgIpc) is 3.00. The lowest BCUT2D eigenvalue weighted by Crippen LogP contribution is -1.96. The summed E-state index contributed by atoms with van der Waals surface area (Å²) in [6.07, 6.45) is 2.10. The van der Waals surface area contributed by atoms with Crippen LogP contribution in [0.1, 0.15) is 23.6 Å². The monoisotopic (exact) mass is 514 g/mol. The molecule has 0 heterocycles. The number of rotatable bonds is 6. The van der Waals surface area contributed by atoms with E-state index in [2.05, 4.69) is 129 Å². The molecule has 0 bridgehead atoms. The van der Waals surface area contributed by atoms with Crippen LogP contribution in [0.25, 0.3) is 43.9 Å². The molecule has 6 aromatic rings. The van der Waals surface area contributed by atoms with Gasteiger partial charge in [0.15, 0.2) is 0 Å². The number of benzene rings is 6. The molecule has 6 aromatic carbocycles. The van der Waals surface area contributed by atoms with E-state index in [1.54, 1.807) is 0 Å². The van der Waals surface area contributed by atoms with Gasteiger partial charge in [0, 0.05) is 17.0 Å². The first-order valence-electron chi connectivity index (χ1n) is 13.4. The Labute approximate surface area is 235 Å². The highest BCUT2D eigenvalue weighted by atomic mass is 14.8. The Morgan fingerprint density at radius 2 is 1.05 bits per heavy atom. The summed E-state index contributed by atoms with van der Waals surface area (Å²) in [7, 11) is 0. The molecule has 0 spiro atoms. The molecule has 0 aliphatic heterocycles. The zero-order valence-electron chi connectivity index (χ0n) is 22.5. The number of hydrogen-bond acceptors (Lipinski definition) is 2. The predicted octanol–water partition coefficient (Wildman–Crippen LogP) is 9.81. The molecular weight excluding hydrogens is 484 g/mol. The highest BCUT2D eigenvalue weighted by Crippen LogP contribution is 2.28. The highest BCUT2D eigenvalue weighted by molar-refractivity contribution is 6.03. The van der Waals surface area contributed by atoms with Crippen molar-refractivity contribution in [3.8, 4) is 11.1 Å². The number of allylic oxidation sites excluding steroid dienone is 2. The summed E-state index contributed by atoms with van der Waals surface area (Å²) < 4.78 is 0. The van der Waals surface area contributed by atoms with E-state index >= 15 is 0 Å². The first-order chi connectivity index (χ1) is 19.5. The summed E-state index contributed by atoms with van der Waals surface area (Å²) in [4.78, 5) is 5.17. The van der Waals surface area contributed by atoms with E-state index in [1.165, 1.54) is 21.5 Å². The summed E-state index contributed by atoms with van der Waals surface area (Å²) in [6, 6.07) is 46.2. The van der Waals surface area contributed by atoms with Crippen LogP contribution in [0.5, 0.6) is 0 Å². The van der Waals surface area contributed by atoms with Gasteiger partial charge in [-0.25, -0.2) is 0 Å². The van der Waals surface area contributed by atoms with Gasteiger partial charge in [-0.3, -0.25) is 4.99 Å². The van der Waals surface area contributed by atoms with Gasteiger partial charge in [0.25, 0.3) is 0 Å². The molecule has 0 aromatic heterocycles. The summed E-state index contributed by atoms with van der Waals surface area (Å²) in [5.41, 5.74) is 14.9. The Balaban J connectivity index is 1.39. The lowest BCUT2D eigenvalue weighted by molar-refractivity contribution is 1.47. The van der Waals surface area contributed by atoms with Crippen LogP contribution in [-0.2, 0) is 0 Å². The summed E-state index contributed by atoms with van der Waals surface area (Å²) in [5, 5.41) is 4.80. The van der Waals surface area contributed by atoms with E-state index in [9.17, 15) is 0 Å². The SMILES string of the molecule is C=C(/C=C(\N=C(C)c1ccc(-c2ccc(N)cc2)cc1)c1ccc2ccccc2c1)c1ccc2ccccc2c1. The number of hydrogen-bond donors (Lipinski definition) is 1. The maximum absolute atomic E-state index is 5.86. The zero-order valence-corrected chi connectivity index (χ0v) is 22.5. The minimum atomic E-state index is 0.765. The van der Waals surface area contributed by atoms with Crippen LogP contribution in [0.3, 0.4) is 0 Å². The quantitative estimate of drug-likeness (QED) is 0.134. The second kappa shape index (κ2) is 10.9. The summed E-state index contributed by atoms with van der Waals surface area (Å²) >= 11 is 0. The number of fused-ring (bicyclic) bond motifs is 2. The Hall–Kier alpha value is -5.21. The molecule has 0 aliphatic rings. The smallest absolute Gasteiger partial charge is 0.0711 e. The Kier molecular flexibility index (Phi) is 6.82. The van der Waals surface area contributed by atoms with Crippen LogP contribution in [-0.4, -0.2) is 5.71 Å². The number of anilines is 1. The second-order valence-corrected chi connectivity index (χ2v) is 10.1. The van der Waals surface area contributed by atoms with Gasteiger partial charge in [0.1, 0.15) is 0 Å². The topological polar surface area (TPSA) is 38.4 Å². The highest BCUT2D eigenvalue weighted by Gasteiger charge is 2.08. The predicted molar refractivity (Wildman–Crippen MR) is 173 cm³/mol. The van der Waals surface area contributed by atoms with Gasteiger partial charge >= 0.3 is 0 Å².